The third-order valence-corrected chi connectivity index (χ3v) is 5.67. The molecular weight excluding hydrogens is 382 g/mol. The van der Waals surface area contributed by atoms with Crippen molar-refractivity contribution in [2.75, 3.05) is 12.3 Å². The number of amides is 3. The first-order chi connectivity index (χ1) is 13.3. The van der Waals surface area contributed by atoms with Gasteiger partial charge in [-0.25, -0.2) is 8.42 Å². The van der Waals surface area contributed by atoms with Crippen molar-refractivity contribution in [1.82, 2.24) is 10.6 Å². The van der Waals surface area contributed by atoms with E-state index >= 15 is 0 Å². The van der Waals surface area contributed by atoms with Crippen LogP contribution in [0.3, 0.4) is 0 Å². The number of nitrogens with one attached hydrogen (secondary N) is 2. The molecule has 0 aromatic heterocycles. The Balaban J connectivity index is 1.89. The molecule has 4 N–H and O–H groups in total. The van der Waals surface area contributed by atoms with E-state index < -0.39 is 33.6 Å². The fraction of sp³-hybridized carbons (Fsp3) is 0.211. The Morgan fingerprint density at radius 2 is 1.50 bits per heavy atom. The van der Waals surface area contributed by atoms with Crippen molar-refractivity contribution in [2.24, 2.45) is 5.73 Å². The number of hydrogen-bond donors (Lipinski definition) is 3. The standard InChI is InChI=1S/C19H21N3O5S/c20-18(24)16(11-12-28(26,27)15-9-5-2-6-10-15)22-17(23)13-21-19(25)14-7-3-1-4-8-14/h1-10,16H,11-13H2,(H2,20,24)(H,21,25)(H,22,23)/t16-/m1/s1. The van der Waals surface area contributed by atoms with E-state index in [1.165, 1.54) is 12.1 Å². The van der Waals surface area contributed by atoms with Gasteiger partial charge in [-0.2, -0.15) is 0 Å². The minimum absolute atomic E-state index is 0.125. The Kier molecular flexibility index (Phi) is 7.28. The zero-order chi connectivity index (χ0) is 20.6. The van der Waals surface area contributed by atoms with Crippen LogP contribution in [0.2, 0.25) is 0 Å². The summed E-state index contributed by atoms with van der Waals surface area (Å²) in [5.41, 5.74) is 5.65. The van der Waals surface area contributed by atoms with E-state index in [9.17, 15) is 22.8 Å². The number of nitrogens with two attached hydrogens (primary N) is 1. The van der Waals surface area contributed by atoms with Crippen molar-refractivity contribution in [2.45, 2.75) is 17.4 Å². The predicted octanol–water partition coefficient (Wildman–Crippen LogP) is 0.251. The van der Waals surface area contributed by atoms with Gasteiger partial charge in [-0.1, -0.05) is 36.4 Å². The lowest BCUT2D eigenvalue weighted by Crippen LogP contribution is -2.48. The van der Waals surface area contributed by atoms with Crippen LogP contribution in [0.25, 0.3) is 0 Å². The van der Waals surface area contributed by atoms with Crippen molar-refractivity contribution in [3.8, 4) is 0 Å². The summed E-state index contributed by atoms with van der Waals surface area (Å²) < 4.78 is 24.6. The summed E-state index contributed by atoms with van der Waals surface area (Å²) in [7, 11) is -3.62. The van der Waals surface area contributed by atoms with Gasteiger partial charge in [0.1, 0.15) is 6.04 Å². The van der Waals surface area contributed by atoms with E-state index in [2.05, 4.69) is 10.6 Å². The third-order valence-electron chi connectivity index (χ3n) is 3.90. The molecule has 0 aliphatic carbocycles. The van der Waals surface area contributed by atoms with Gasteiger partial charge in [-0.3, -0.25) is 14.4 Å². The van der Waals surface area contributed by atoms with Gasteiger partial charge in [0.15, 0.2) is 9.84 Å². The quantitative estimate of drug-likeness (QED) is 0.551. The van der Waals surface area contributed by atoms with Crippen molar-refractivity contribution in [3.05, 3.63) is 66.2 Å². The molecule has 148 valence electrons. The summed E-state index contributed by atoms with van der Waals surface area (Å²) in [6, 6.07) is 14.9. The molecule has 9 heteroatoms. The highest BCUT2D eigenvalue weighted by atomic mass is 32.2. The van der Waals surface area contributed by atoms with Gasteiger partial charge in [0.05, 0.1) is 17.2 Å². The minimum Gasteiger partial charge on any atom is -0.368 e. The van der Waals surface area contributed by atoms with Crippen LogP contribution >= 0.6 is 0 Å². The topological polar surface area (TPSA) is 135 Å². The molecule has 28 heavy (non-hydrogen) atoms. The summed E-state index contributed by atoms with van der Waals surface area (Å²) in [6.07, 6.45) is -0.176. The molecule has 0 spiro atoms. The molecule has 0 fully saturated rings. The lowest BCUT2D eigenvalue weighted by molar-refractivity contribution is -0.126. The van der Waals surface area contributed by atoms with E-state index in [1.54, 1.807) is 48.5 Å². The highest BCUT2D eigenvalue weighted by molar-refractivity contribution is 7.91. The molecule has 1 atom stereocenters. The smallest absolute Gasteiger partial charge is 0.251 e. The molecule has 0 unspecified atom stereocenters. The molecule has 0 heterocycles. The van der Waals surface area contributed by atoms with E-state index in [1.807, 2.05) is 0 Å². The first-order valence-electron chi connectivity index (χ1n) is 8.49. The summed E-state index contributed by atoms with van der Waals surface area (Å²) in [5.74, 6) is -2.31. The molecule has 0 radical (unpaired) electrons. The van der Waals surface area contributed by atoms with Crippen LogP contribution in [0, 0.1) is 0 Å². The van der Waals surface area contributed by atoms with Gasteiger partial charge in [0, 0.05) is 5.56 Å². The first-order valence-corrected chi connectivity index (χ1v) is 10.1. The molecule has 8 nitrogen and oxygen atoms in total. The highest BCUT2D eigenvalue weighted by Crippen LogP contribution is 2.12. The van der Waals surface area contributed by atoms with Gasteiger partial charge >= 0.3 is 0 Å². The summed E-state index contributed by atoms with van der Waals surface area (Å²) >= 11 is 0. The van der Waals surface area contributed by atoms with Crippen molar-refractivity contribution in [3.63, 3.8) is 0 Å². The Morgan fingerprint density at radius 3 is 2.07 bits per heavy atom. The van der Waals surface area contributed by atoms with E-state index in [-0.39, 0.29) is 23.6 Å². The number of benzene rings is 2. The zero-order valence-corrected chi connectivity index (χ0v) is 15.8. The fourth-order valence-corrected chi connectivity index (χ4v) is 3.76. The van der Waals surface area contributed by atoms with Gasteiger partial charge in [0.2, 0.25) is 11.8 Å². The molecule has 0 saturated heterocycles. The normalized spacial score (nSPS) is 12.0. The minimum atomic E-state index is -3.62. The lowest BCUT2D eigenvalue weighted by Gasteiger charge is -2.16. The van der Waals surface area contributed by atoms with Gasteiger partial charge in [-0.05, 0) is 30.7 Å². The van der Waals surface area contributed by atoms with E-state index in [0.29, 0.717) is 5.56 Å². The fourth-order valence-electron chi connectivity index (χ4n) is 2.40. The number of carbonyl (C=O) groups is 3. The maximum absolute atomic E-state index is 12.3. The molecule has 2 aromatic rings. The van der Waals surface area contributed by atoms with Crippen LogP contribution in [0.15, 0.2) is 65.6 Å². The number of carbonyl (C=O) groups excluding carboxylic acids is 3. The second-order valence-electron chi connectivity index (χ2n) is 5.99. The SMILES string of the molecule is NC(=O)[C@@H](CCS(=O)(=O)c1ccccc1)NC(=O)CNC(=O)c1ccccc1. The van der Waals surface area contributed by atoms with Crippen LogP contribution < -0.4 is 16.4 Å². The zero-order valence-electron chi connectivity index (χ0n) is 15.0. The Morgan fingerprint density at radius 1 is 0.929 bits per heavy atom. The van der Waals surface area contributed by atoms with Crippen molar-refractivity contribution < 1.29 is 22.8 Å². The maximum Gasteiger partial charge on any atom is 0.251 e. The lowest BCUT2D eigenvalue weighted by atomic mass is 10.2. The monoisotopic (exact) mass is 403 g/mol. The third kappa shape index (κ3) is 6.20. The Bertz CT molecular complexity index is 931. The second kappa shape index (κ2) is 9.65. The van der Waals surface area contributed by atoms with Gasteiger partial charge < -0.3 is 16.4 Å². The van der Waals surface area contributed by atoms with Crippen molar-refractivity contribution in [1.29, 1.82) is 0 Å². The first kappa shape index (κ1) is 21.1. The Labute approximate surface area is 163 Å². The molecule has 0 aliphatic rings. The number of hydrogen-bond acceptors (Lipinski definition) is 5. The van der Waals surface area contributed by atoms with Crippen LogP contribution in [0.5, 0.6) is 0 Å². The molecule has 0 bridgehead atoms. The Hall–Kier alpha value is -3.20. The predicted molar refractivity (Wildman–Crippen MR) is 103 cm³/mol. The maximum atomic E-state index is 12.3. The van der Waals surface area contributed by atoms with Crippen LogP contribution in [-0.4, -0.2) is 44.5 Å². The van der Waals surface area contributed by atoms with E-state index in [4.69, 9.17) is 5.73 Å². The summed E-state index contributed by atoms with van der Waals surface area (Å²) in [5, 5.41) is 4.77. The number of primary amides is 1. The summed E-state index contributed by atoms with van der Waals surface area (Å²) in [6.45, 7) is -0.372. The number of rotatable bonds is 9. The molecular formula is C19H21N3O5S. The summed E-state index contributed by atoms with van der Waals surface area (Å²) in [4.78, 5) is 35.6. The van der Waals surface area contributed by atoms with Gasteiger partial charge in [0.25, 0.3) is 5.91 Å². The molecule has 3 amide bonds. The number of sulfone groups is 1. The van der Waals surface area contributed by atoms with E-state index in [0.717, 1.165) is 0 Å². The van der Waals surface area contributed by atoms with Crippen LogP contribution in [0.1, 0.15) is 16.8 Å². The average Bonchev–Trinajstić information content (AvgIpc) is 2.70. The molecule has 2 aromatic carbocycles. The van der Waals surface area contributed by atoms with Crippen LogP contribution in [-0.2, 0) is 19.4 Å². The average molecular weight is 403 g/mol. The van der Waals surface area contributed by atoms with Gasteiger partial charge in [-0.15, -0.1) is 0 Å². The van der Waals surface area contributed by atoms with Crippen molar-refractivity contribution >= 4 is 27.6 Å². The largest absolute Gasteiger partial charge is 0.368 e. The molecule has 2 rings (SSSR count). The highest BCUT2D eigenvalue weighted by Gasteiger charge is 2.23. The van der Waals surface area contributed by atoms with Crippen LogP contribution in [0.4, 0.5) is 0 Å². The molecule has 0 saturated carbocycles. The molecule has 0 aliphatic heterocycles. The second-order valence-corrected chi connectivity index (χ2v) is 8.10.